The number of rotatable bonds is 6. The van der Waals surface area contributed by atoms with Gasteiger partial charge >= 0.3 is 6.09 Å². The largest absolute Gasteiger partial charge is 0.439 e. The third kappa shape index (κ3) is 9.21. The summed E-state index contributed by atoms with van der Waals surface area (Å²) in [6.07, 6.45) is 3.51. The van der Waals surface area contributed by atoms with Crippen LogP contribution in [-0.4, -0.2) is 85.6 Å². The second-order valence-electron chi connectivity index (χ2n) is 10.6. The molecule has 2 bridgehead atoms. The van der Waals surface area contributed by atoms with Crippen molar-refractivity contribution in [2.45, 2.75) is 65.0 Å². The maximum absolute atomic E-state index is 13.5. The SMILES string of the molecule is CO[C@H]1C=CC=C(C)C(=O)NC2=CC(=O)C(NCCO)=C(C[C@@H](C)C[C@H](OC)[C@H](O)[C@@H](C)C=C(C)[C@@H]1OC(N)=O)C2=O. The van der Waals surface area contributed by atoms with Crippen LogP contribution in [0.5, 0.6) is 0 Å². The Bertz CT molecular complexity index is 1180. The fraction of sp³-hybridized carbons (Fsp3) is 0.533. The molecule has 0 aromatic heterocycles. The van der Waals surface area contributed by atoms with Crippen LogP contribution in [0.3, 0.4) is 0 Å². The number of hydrogen-bond donors (Lipinski definition) is 5. The van der Waals surface area contributed by atoms with Crippen LogP contribution < -0.4 is 16.4 Å². The highest BCUT2D eigenvalue weighted by Gasteiger charge is 2.33. The molecule has 0 unspecified atom stereocenters. The van der Waals surface area contributed by atoms with Gasteiger partial charge in [-0.05, 0) is 38.2 Å². The lowest BCUT2D eigenvalue weighted by molar-refractivity contribution is -0.120. The van der Waals surface area contributed by atoms with Gasteiger partial charge in [0.2, 0.25) is 11.6 Å². The molecule has 12 heteroatoms. The summed E-state index contributed by atoms with van der Waals surface area (Å²) in [5, 5.41) is 25.9. The van der Waals surface area contributed by atoms with Crippen molar-refractivity contribution in [2.24, 2.45) is 17.6 Å². The molecule has 12 nitrogen and oxygen atoms in total. The number of aliphatic hydroxyl groups is 2. The molecule has 2 amide bonds. The summed E-state index contributed by atoms with van der Waals surface area (Å²) in [7, 11) is 2.89. The second-order valence-corrected chi connectivity index (χ2v) is 10.6. The first kappa shape index (κ1) is 34.6. The van der Waals surface area contributed by atoms with E-state index >= 15 is 0 Å². The number of carbonyl (C=O) groups is 4. The fourth-order valence-corrected chi connectivity index (χ4v) is 4.96. The number of allylic oxidation sites excluding steroid dienone is 4. The molecule has 42 heavy (non-hydrogen) atoms. The first-order valence-corrected chi connectivity index (χ1v) is 13.8. The molecule has 0 saturated carbocycles. The third-order valence-corrected chi connectivity index (χ3v) is 7.21. The number of ether oxygens (including phenoxy) is 3. The Labute approximate surface area is 246 Å². The molecule has 0 radical (unpaired) electrons. The van der Waals surface area contributed by atoms with Crippen LogP contribution in [0.1, 0.15) is 40.5 Å². The van der Waals surface area contributed by atoms with E-state index in [4.69, 9.17) is 19.9 Å². The molecule has 6 atom stereocenters. The molecular weight excluding hydrogens is 546 g/mol. The Morgan fingerprint density at radius 3 is 2.45 bits per heavy atom. The minimum absolute atomic E-state index is 0.0570. The maximum Gasteiger partial charge on any atom is 0.405 e. The van der Waals surface area contributed by atoms with E-state index in [2.05, 4.69) is 10.6 Å². The number of primary amides is 1. The predicted molar refractivity (Wildman–Crippen MR) is 155 cm³/mol. The minimum Gasteiger partial charge on any atom is -0.439 e. The maximum atomic E-state index is 13.5. The van der Waals surface area contributed by atoms with Crippen molar-refractivity contribution in [1.82, 2.24) is 10.6 Å². The number of methoxy groups -OCH3 is 2. The number of nitrogens with one attached hydrogen (secondary N) is 2. The van der Waals surface area contributed by atoms with E-state index in [1.165, 1.54) is 33.3 Å². The van der Waals surface area contributed by atoms with Crippen molar-refractivity contribution >= 4 is 23.6 Å². The number of nitrogens with two attached hydrogens (primary N) is 1. The highest BCUT2D eigenvalue weighted by atomic mass is 16.6. The van der Waals surface area contributed by atoms with Crippen LogP contribution in [0.4, 0.5) is 4.79 Å². The quantitative estimate of drug-likeness (QED) is 0.224. The minimum atomic E-state index is -1.01. The summed E-state index contributed by atoms with van der Waals surface area (Å²) in [6, 6.07) is 0. The Morgan fingerprint density at radius 1 is 1.17 bits per heavy atom. The number of hydrogen-bond acceptors (Lipinski definition) is 10. The molecule has 0 aromatic rings. The molecular formula is C30H43N3O9. The molecule has 0 fully saturated rings. The summed E-state index contributed by atoms with van der Waals surface area (Å²) in [6.45, 7) is 6.70. The zero-order valence-electron chi connectivity index (χ0n) is 25.0. The predicted octanol–water partition coefficient (Wildman–Crippen LogP) is 1.34. The number of aliphatic hydroxyl groups excluding tert-OH is 2. The first-order valence-electron chi connectivity index (χ1n) is 13.8. The van der Waals surface area contributed by atoms with Crippen molar-refractivity contribution in [3.63, 3.8) is 0 Å². The van der Waals surface area contributed by atoms with Gasteiger partial charge in [-0.1, -0.05) is 38.2 Å². The van der Waals surface area contributed by atoms with Crippen LogP contribution in [0, 0.1) is 11.8 Å². The molecule has 0 saturated heterocycles. The van der Waals surface area contributed by atoms with E-state index in [-0.39, 0.29) is 48.0 Å². The van der Waals surface area contributed by atoms with Gasteiger partial charge < -0.3 is 40.8 Å². The zero-order chi connectivity index (χ0) is 31.6. The van der Waals surface area contributed by atoms with Gasteiger partial charge in [0.15, 0.2) is 6.10 Å². The fourth-order valence-electron chi connectivity index (χ4n) is 4.96. The lowest BCUT2D eigenvalue weighted by Gasteiger charge is -2.30. The summed E-state index contributed by atoms with van der Waals surface area (Å²) in [5.41, 5.74) is 6.19. The average Bonchev–Trinajstić information content (AvgIpc) is 2.94. The van der Waals surface area contributed by atoms with Crippen LogP contribution in [0.25, 0.3) is 0 Å². The average molecular weight is 590 g/mol. The Balaban J connectivity index is 2.61. The number of carbonyl (C=O) groups excluding carboxylic acids is 4. The van der Waals surface area contributed by atoms with Crippen LogP contribution in [0.2, 0.25) is 0 Å². The Hall–Kier alpha value is -3.58. The summed E-state index contributed by atoms with van der Waals surface area (Å²) in [5.74, 6) is -2.33. The molecule has 6 N–H and O–H groups in total. The van der Waals surface area contributed by atoms with Crippen molar-refractivity contribution in [2.75, 3.05) is 27.4 Å². The van der Waals surface area contributed by atoms with Crippen molar-refractivity contribution in [3.8, 4) is 0 Å². The standard InChI is InChI=1S/C30H43N3O9/c1-16-12-20-25(32-10-11-34)22(35)15-21(27(20)37)33-29(38)17(2)8-7-9-23(40-5)28(42-30(31)39)19(4)14-18(3)26(36)24(13-16)41-6/h7-9,14-16,18,23-24,26,28,32,34,36H,10-13H2,1-6H3,(H2,31,39)(H,33,38)/t16-,18+,23+,24+,26-,28+/m1/s1. The zero-order valence-corrected chi connectivity index (χ0v) is 25.0. The van der Waals surface area contributed by atoms with Crippen molar-refractivity contribution in [3.05, 3.63) is 58.5 Å². The summed E-state index contributed by atoms with van der Waals surface area (Å²) < 4.78 is 16.5. The Kier molecular flexibility index (Phi) is 13.3. The van der Waals surface area contributed by atoms with Gasteiger partial charge in [0.05, 0.1) is 30.2 Å². The lowest BCUT2D eigenvalue weighted by Crippen LogP contribution is -2.38. The molecule has 2 aliphatic rings. The molecule has 0 spiro atoms. The van der Waals surface area contributed by atoms with Gasteiger partial charge in [0.1, 0.15) is 6.10 Å². The normalized spacial score (nSPS) is 28.5. The Morgan fingerprint density at radius 2 is 1.86 bits per heavy atom. The van der Waals surface area contributed by atoms with Gasteiger partial charge in [-0.3, -0.25) is 14.4 Å². The number of fused-ring (bicyclic) bond motifs is 2. The van der Waals surface area contributed by atoms with Crippen molar-refractivity contribution < 1.29 is 43.6 Å². The number of Topliss-reactive ketones (excluding diaryl/α,β-unsaturated/α-hetero) is 1. The monoisotopic (exact) mass is 589 g/mol. The summed E-state index contributed by atoms with van der Waals surface area (Å²) >= 11 is 0. The molecule has 1 aliphatic carbocycles. The molecule has 2 rings (SSSR count). The highest BCUT2D eigenvalue weighted by molar-refractivity contribution is 6.23. The van der Waals surface area contributed by atoms with E-state index in [0.717, 1.165) is 6.08 Å². The molecule has 0 aromatic carbocycles. The van der Waals surface area contributed by atoms with Gasteiger partial charge in [0.25, 0.3) is 5.91 Å². The van der Waals surface area contributed by atoms with E-state index in [1.807, 2.05) is 6.92 Å². The third-order valence-electron chi connectivity index (χ3n) is 7.21. The number of amides is 2. The molecule has 1 aliphatic heterocycles. The van der Waals surface area contributed by atoms with E-state index < -0.39 is 53.9 Å². The van der Waals surface area contributed by atoms with E-state index in [9.17, 15) is 29.4 Å². The first-order chi connectivity index (χ1) is 19.8. The van der Waals surface area contributed by atoms with Crippen LogP contribution in [-0.2, 0) is 28.6 Å². The second kappa shape index (κ2) is 16.2. The smallest absolute Gasteiger partial charge is 0.405 e. The van der Waals surface area contributed by atoms with Crippen molar-refractivity contribution in [1.29, 1.82) is 0 Å². The van der Waals surface area contributed by atoms with Crippen LogP contribution in [0.15, 0.2) is 58.5 Å². The summed E-state index contributed by atoms with van der Waals surface area (Å²) in [4.78, 5) is 51.2. The van der Waals surface area contributed by atoms with E-state index in [0.29, 0.717) is 12.0 Å². The van der Waals surface area contributed by atoms with E-state index in [1.54, 1.807) is 26.0 Å². The molecule has 1 heterocycles. The van der Waals surface area contributed by atoms with Gasteiger partial charge in [-0.15, -0.1) is 0 Å². The highest BCUT2D eigenvalue weighted by Crippen LogP contribution is 2.28. The molecule has 232 valence electrons. The van der Waals surface area contributed by atoms with Gasteiger partial charge in [-0.2, -0.15) is 0 Å². The topological polar surface area (TPSA) is 187 Å². The number of ketones is 2. The van der Waals surface area contributed by atoms with Crippen LogP contribution >= 0.6 is 0 Å². The van der Waals surface area contributed by atoms with Gasteiger partial charge in [0, 0.05) is 43.9 Å². The lowest BCUT2D eigenvalue weighted by atomic mass is 9.85. The van der Waals surface area contributed by atoms with Gasteiger partial charge in [-0.25, -0.2) is 4.79 Å².